The van der Waals surface area contributed by atoms with Crippen LogP contribution in [0.1, 0.15) is 66.8 Å². The van der Waals surface area contributed by atoms with Crippen LogP contribution in [-0.2, 0) is 17.6 Å². The maximum Gasteiger partial charge on any atom is 0.303 e. The lowest BCUT2D eigenvalue weighted by Gasteiger charge is -2.16. The lowest BCUT2D eigenvalue weighted by molar-refractivity contribution is -0.136. The summed E-state index contributed by atoms with van der Waals surface area (Å²) in [5.41, 5.74) is 8.92. The van der Waals surface area contributed by atoms with Crippen molar-refractivity contribution >= 4 is 11.5 Å². The van der Waals surface area contributed by atoms with Crippen LogP contribution in [0.15, 0.2) is 42.0 Å². The molecule has 3 heteroatoms. The highest BCUT2D eigenvalue weighted by Crippen LogP contribution is 2.35. The summed E-state index contributed by atoms with van der Waals surface area (Å²) in [6, 6.07) is 13.0. The average Bonchev–Trinajstić information content (AvgIpc) is 3.17. The number of aryl methyl sites for hydroxylation is 2. The Morgan fingerprint density at radius 1 is 1.00 bits per heavy atom. The highest BCUT2D eigenvalue weighted by atomic mass is 16.5. The molecule has 2 aromatic rings. The van der Waals surface area contributed by atoms with Gasteiger partial charge < -0.3 is 9.84 Å². The van der Waals surface area contributed by atoms with E-state index in [0.29, 0.717) is 13.0 Å². The molecule has 1 aliphatic rings. The van der Waals surface area contributed by atoms with Crippen LogP contribution in [0, 0.1) is 13.8 Å². The van der Waals surface area contributed by atoms with E-state index in [1.165, 1.54) is 35.1 Å². The van der Waals surface area contributed by atoms with E-state index in [4.69, 9.17) is 9.84 Å². The standard InChI is InChI=1S/C26H32O3/c1-4-6-20-9-11-22(12-10-20)24-8-5-7-23(24)17-29-25-15-13-21(14-16-26(27)28)18(2)19(25)3/h9-13,15H,4-8,14,16-17H2,1-3H3,(H,27,28). The molecule has 3 rings (SSSR count). The predicted octanol–water partition coefficient (Wildman–Crippen LogP) is 6.29. The van der Waals surface area contributed by atoms with Crippen molar-refractivity contribution < 1.29 is 14.6 Å². The van der Waals surface area contributed by atoms with Gasteiger partial charge in [-0.25, -0.2) is 0 Å². The smallest absolute Gasteiger partial charge is 0.303 e. The van der Waals surface area contributed by atoms with E-state index in [-0.39, 0.29) is 6.42 Å². The fourth-order valence-electron chi connectivity index (χ4n) is 4.16. The first kappa shape index (κ1) is 21.2. The van der Waals surface area contributed by atoms with Crippen LogP contribution in [0.5, 0.6) is 5.75 Å². The van der Waals surface area contributed by atoms with E-state index in [9.17, 15) is 4.79 Å². The zero-order valence-electron chi connectivity index (χ0n) is 17.9. The zero-order valence-corrected chi connectivity index (χ0v) is 17.9. The molecule has 0 heterocycles. The van der Waals surface area contributed by atoms with Crippen LogP contribution in [-0.4, -0.2) is 17.7 Å². The Labute approximate surface area is 174 Å². The topological polar surface area (TPSA) is 46.5 Å². The minimum absolute atomic E-state index is 0.160. The van der Waals surface area contributed by atoms with Crippen LogP contribution in [0.4, 0.5) is 0 Å². The van der Waals surface area contributed by atoms with E-state index in [1.807, 2.05) is 12.1 Å². The third-order valence-corrected chi connectivity index (χ3v) is 6.03. The Morgan fingerprint density at radius 3 is 2.45 bits per heavy atom. The second-order valence-corrected chi connectivity index (χ2v) is 8.04. The summed E-state index contributed by atoms with van der Waals surface area (Å²) < 4.78 is 6.22. The van der Waals surface area contributed by atoms with Gasteiger partial charge in [-0.3, -0.25) is 4.79 Å². The van der Waals surface area contributed by atoms with Crippen LogP contribution in [0.3, 0.4) is 0 Å². The van der Waals surface area contributed by atoms with Gasteiger partial charge in [0.25, 0.3) is 0 Å². The molecule has 1 aliphatic carbocycles. The molecule has 0 radical (unpaired) electrons. The van der Waals surface area contributed by atoms with Crippen molar-refractivity contribution in [3.05, 3.63) is 69.8 Å². The monoisotopic (exact) mass is 392 g/mol. The van der Waals surface area contributed by atoms with Crippen molar-refractivity contribution in [2.24, 2.45) is 0 Å². The van der Waals surface area contributed by atoms with Crippen molar-refractivity contribution in [1.29, 1.82) is 0 Å². The SMILES string of the molecule is CCCc1ccc(C2=C(COc3ccc(CCC(=O)O)c(C)c3C)CCC2)cc1. The van der Waals surface area contributed by atoms with Crippen molar-refractivity contribution in [3.8, 4) is 5.75 Å². The molecule has 0 aromatic heterocycles. The molecular formula is C26H32O3. The number of carboxylic acids is 1. The number of hydrogen-bond acceptors (Lipinski definition) is 2. The van der Waals surface area contributed by atoms with E-state index in [0.717, 1.165) is 41.7 Å². The first-order valence-electron chi connectivity index (χ1n) is 10.7. The Bertz CT molecular complexity index is 891. The molecule has 154 valence electrons. The van der Waals surface area contributed by atoms with Crippen molar-refractivity contribution in [2.75, 3.05) is 6.61 Å². The van der Waals surface area contributed by atoms with E-state index < -0.39 is 5.97 Å². The number of ether oxygens (including phenoxy) is 1. The first-order chi connectivity index (χ1) is 14.0. The highest BCUT2D eigenvalue weighted by Gasteiger charge is 2.17. The van der Waals surface area contributed by atoms with Gasteiger partial charge in [-0.05, 0) is 91.0 Å². The second-order valence-electron chi connectivity index (χ2n) is 8.04. The third-order valence-electron chi connectivity index (χ3n) is 6.03. The normalized spacial score (nSPS) is 13.8. The van der Waals surface area contributed by atoms with Crippen LogP contribution in [0.25, 0.3) is 5.57 Å². The highest BCUT2D eigenvalue weighted by molar-refractivity contribution is 5.71. The molecular weight excluding hydrogens is 360 g/mol. The summed E-state index contributed by atoms with van der Waals surface area (Å²) in [6.45, 7) is 6.95. The summed E-state index contributed by atoms with van der Waals surface area (Å²) >= 11 is 0. The molecule has 0 spiro atoms. The molecule has 0 fully saturated rings. The number of carbonyl (C=O) groups is 1. The van der Waals surface area contributed by atoms with Gasteiger partial charge >= 0.3 is 5.97 Å². The van der Waals surface area contributed by atoms with E-state index in [1.54, 1.807) is 0 Å². The number of aliphatic carboxylic acids is 1. The maximum absolute atomic E-state index is 10.9. The van der Waals surface area contributed by atoms with Gasteiger partial charge in [0.1, 0.15) is 12.4 Å². The van der Waals surface area contributed by atoms with Gasteiger partial charge in [-0.15, -0.1) is 0 Å². The molecule has 3 nitrogen and oxygen atoms in total. The molecule has 0 unspecified atom stereocenters. The number of carboxylic acid groups (broad SMARTS) is 1. The second kappa shape index (κ2) is 9.78. The van der Waals surface area contributed by atoms with Gasteiger partial charge in [0.2, 0.25) is 0 Å². The predicted molar refractivity (Wildman–Crippen MR) is 119 cm³/mol. The zero-order chi connectivity index (χ0) is 20.8. The molecule has 0 aliphatic heterocycles. The molecule has 1 N–H and O–H groups in total. The molecule has 0 bridgehead atoms. The van der Waals surface area contributed by atoms with Gasteiger partial charge in [0.15, 0.2) is 0 Å². The first-order valence-corrected chi connectivity index (χ1v) is 10.7. The van der Waals surface area contributed by atoms with Gasteiger partial charge in [-0.1, -0.05) is 43.7 Å². The van der Waals surface area contributed by atoms with Crippen LogP contribution < -0.4 is 4.74 Å². The van der Waals surface area contributed by atoms with Gasteiger partial charge in [0, 0.05) is 6.42 Å². The number of allylic oxidation sites excluding steroid dienone is 1. The van der Waals surface area contributed by atoms with Gasteiger partial charge in [-0.2, -0.15) is 0 Å². The summed E-state index contributed by atoms with van der Waals surface area (Å²) in [5, 5.41) is 8.93. The maximum atomic E-state index is 10.9. The largest absolute Gasteiger partial charge is 0.489 e. The molecule has 2 aromatic carbocycles. The van der Waals surface area contributed by atoms with Crippen molar-refractivity contribution in [2.45, 2.75) is 65.7 Å². The van der Waals surface area contributed by atoms with Crippen LogP contribution >= 0.6 is 0 Å². The third kappa shape index (κ3) is 5.29. The fraction of sp³-hybridized carbons (Fsp3) is 0.423. The lowest BCUT2D eigenvalue weighted by atomic mass is 9.98. The Balaban J connectivity index is 1.71. The van der Waals surface area contributed by atoms with Crippen molar-refractivity contribution in [1.82, 2.24) is 0 Å². The minimum atomic E-state index is -0.759. The van der Waals surface area contributed by atoms with E-state index in [2.05, 4.69) is 45.0 Å². The molecule has 0 amide bonds. The summed E-state index contributed by atoms with van der Waals surface area (Å²) in [5.74, 6) is 0.143. The average molecular weight is 393 g/mol. The number of benzene rings is 2. The molecule has 0 saturated heterocycles. The van der Waals surface area contributed by atoms with Crippen LogP contribution in [0.2, 0.25) is 0 Å². The number of hydrogen-bond donors (Lipinski definition) is 1. The molecule has 0 atom stereocenters. The Morgan fingerprint density at radius 2 is 1.76 bits per heavy atom. The summed E-state index contributed by atoms with van der Waals surface area (Å²) in [7, 11) is 0. The lowest BCUT2D eigenvalue weighted by Crippen LogP contribution is -2.05. The number of rotatable bonds is 9. The Kier molecular flexibility index (Phi) is 7.13. The quantitative estimate of drug-likeness (QED) is 0.545. The van der Waals surface area contributed by atoms with Crippen molar-refractivity contribution in [3.63, 3.8) is 0 Å². The fourth-order valence-corrected chi connectivity index (χ4v) is 4.16. The summed E-state index contributed by atoms with van der Waals surface area (Å²) in [4.78, 5) is 10.9. The molecule has 0 saturated carbocycles. The molecule has 29 heavy (non-hydrogen) atoms. The Hall–Kier alpha value is -2.55. The van der Waals surface area contributed by atoms with E-state index >= 15 is 0 Å². The minimum Gasteiger partial charge on any atom is -0.489 e. The summed E-state index contributed by atoms with van der Waals surface area (Å²) in [6.07, 6.45) is 6.44. The van der Waals surface area contributed by atoms with Gasteiger partial charge in [0.05, 0.1) is 0 Å².